The molecule has 1 aromatic carbocycles. The summed E-state index contributed by atoms with van der Waals surface area (Å²) in [7, 11) is 0. The van der Waals surface area contributed by atoms with E-state index < -0.39 is 6.10 Å². The standard InChI is InChI=1S/C26H30N4O3/c1-17-11-19(13-28-23(17)12-27)30-10-7-26(16-30)5-8-29(9-6-26)14-24(31)20-3-4-21-22(18(20)2)15-33-25(21)32/h3-4,11,13,24,31H,5-10,14-16H2,1-2H3. The number of aliphatic hydroxyl groups is 1. The zero-order valence-electron chi connectivity index (χ0n) is 19.3. The Labute approximate surface area is 194 Å². The number of anilines is 1. The third kappa shape index (κ3) is 3.98. The van der Waals surface area contributed by atoms with Crippen molar-refractivity contribution < 1.29 is 14.6 Å². The topological polar surface area (TPSA) is 89.7 Å². The lowest BCUT2D eigenvalue weighted by atomic mass is 9.77. The summed E-state index contributed by atoms with van der Waals surface area (Å²) in [6, 6.07) is 7.88. The number of β-amino-alcohol motifs (C(OH)–C–C–N with tert-alkyl or cyclic N) is 1. The fraction of sp³-hybridized carbons (Fsp3) is 0.500. The molecule has 33 heavy (non-hydrogen) atoms. The number of piperidine rings is 1. The number of aromatic nitrogens is 1. The lowest BCUT2D eigenvalue weighted by molar-refractivity contribution is 0.0534. The fourth-order valence-corrected chi connectivity index (χ4v) is 5.70. The van der Waals surface area contributed by atoms with E-state index in [0.29, 0.717) is 29.8 Å². The van der Waals surface area contributed by atoms with Gasteiger partial charge in [0.05, 0.1) is 23.6 Å². The zero-order chi connectivity index (χ0) is 23.2. The SMILES string of the molecule is Cc1cc(N2CCC3(CCN(CC(O)c4ccc5c(c4C)COC5=O)CC3)C2)cnc1C#N. The number of carbonyl (C=O) groups excluding carboxylic acids is 1. The van der Waals surface area contributed by atoms with E-state index in [2.05, 4.69) is 26.9 Å². The van der Waals surface area contributed by atoms with E-state index in [-0.39, 0.29) is 5.97 Å². The average Bonchev–Trinajstić information content (AvgIpc) is 3.40. The molecule has 3 aliphatic heterocycles. The smallest absolute Gasteiger partial charge is 0.338 e. The number of aryl methyl sites for hydroxylation is 1. The van der Waals surface area contributed by atoms with Crippen LogP contribution in [0.3, 0.4) is 0 Å². The number of ether oxygens (including phenoxy) is 1. The van der Waals surface area contributed by atoms with Crippen molar-refractivity contribution in [3.8, 4) is 6.07 Å². The predicted octanol–water partition coefficient (Wildman–Crippen LogP) is 3.27. The van der Waals surface area contributed by atoms with Gasteiger partial charge in [-0.25, -0.2) is 9.78 Å². The highest BCUT2D eigenvalue weighted by Crippen LogP contribution is 2.42. The molecule has 3 aliphatic rings. The van der Waals surface area contributed by atoms with Gasteiger partial charge in [0.1, 0.15) is 18.4 Å². The first-order valence-corrected chi connectivity index (χ1v) is 11.7. The van der Waals surface area contributed by atoms with Gasteiger partial charge in [0, 0.05) is 25.2 Å². The first kappa shape index (κ1) is 21.9. The summed E-state index contributed by atoms with van der Waals surface area (Å²) in [5.41, 5.74) is 6.24. The highest BCUT2D eigenvalue weighted by Gasteiger charge is 2.41. The van der Waals surface area contributed by atoms with E-state index in [0.717, 1.165) is 67.0 Å². The van der Waals surface area contributed by atoms with E-state index in [1.165, 1.54) is 6.42 Å². The molecule has 2 fully saturated rings. The molecule has 1 aromatic heterocycles. The average molecular weight is 447 g/mol. The van der Waals surface area contributed by atoms with Crippen LogP contribution in [0.15, 0.2) is 24.4 Å². The van der Waals surface area contributed by atoms with Crippen LogP contribution in [0.5, 0.6) is 0 Å². The number of carbonyl (C=O) groups is 1. The number of hydrogen-bond acceptors (Lipinski definition) is 7. The van der Waals surface area contributed by atoms with E-state index in [1.54, 1.807) is 6.07 Å². The van der Waals surface area contributed by atoms with E-state index in [9.17, 15) is 9.90 Å². The van der Waals surface area contributed by atoms with Crippen molar-refractivity contribution >= 4 is 11.7 Å². The number of hydrogen-bond donors (Lipinski definition) is 1. The van der Waals surface area contributed by atoms with Gasteiger partial charge in [0.25, 0.3) is 0 Å². The maximum absolute atomic E-state index is 11.8. The minimum atomic E-state index is -0.576. The van der Waals surface area contributed by atoms with Gasteiger partial charge in [-0.05, 0) is 80.4 Å². The third-order valence-electron chi connectivity index (χ3n) is 7.89. The van der Waals surface area contributed by atoms with Gasteiger partial charge < -0.3 is 19.6 Å². The monoisotopic (exact) mass is 446 g/mol. The molecule has 0 radical (unpaired) electrons. The molecule has 2 saturated heterocycles. The Morgan fingerprint density at radius 1 is 1.24 bits per heavy atom. The summed E-state index contributed by atoms with van der Waals surface area (Å²) in [6.07, 6.45) is 4.65. The Kier molecular flexibility index (Phi) is 5.59. The Hall–Kier alpha value is -2.95. The van der Waals surface area contributed by atoms with E-state index >= 15 is 0 Å². The van der Waals surface area contributed by atoms with Crippen molar-refractivity contribution in [1.82, 2.24) is 9.88 Å². The second-order valence-electron chi connectivity index (χ2n) is 9.84. The summed E-state index contributed by atoms with van der Waals surface area (Å²) >= 11 is 0. The molecule has 5 rings (SSSR count). The first-order valence-electron chi connectivity index (χ1n) is 11.7. The van der Waals surface area contributed by atoms with Crippen LogP contribution in [0.25, 0.3) is 0 Å². The molecular formula is C26H30N4O3. The number of nitrogens with zero attached hydrogens (tertiary/aromatic N) is 4. The summed E-state index contributed by atoms with van der Waals surface area (Å²) in [5, 5.41) is 20.1. The fourth-order valence-electron chi connectivity index (χ4n) is 5.70. The van der Waals surface area contributed by atoms with Crippen LogP contribution in [-0.4, -0.2) is 53.7 Å². The van der Waals surface area contributed by atoms with Crippen LogP contribution in [-0.2, 0) is 11.3 Å². The lowest BCUT2D eigenvalue weighted by Gasteiger charge is -2.40. The molecule has 1 atom stereocenters. The Morgan fingerprint density at radius 2 is 2.00 bits per heavy atom. The maximum Gasteiger partial charge on any atom is 0.338 e. The number of cyclic esters (lactones) is 1. The largest absolute Gasteiger partial charge is 0.457 e. The van der Waals surface area contributed by atoms with Crippen molar-refractivity contribution in [3.63, 3.8) is 0 Å². The van der Waals surface area contributed by atoms with Crippen molar-refractivity contribution in [2.24, 2.45) is 5.41 Å². The van der Waals surface area contributed by atoms with Crippen molar-refractivity contribution in [2.45, 2.75) is 45.8 Å². The molecule has 7 heteroatoms. The number of nitriles is 1. The molecule has 1 N–H and O–H groups in total. The quantitative estimate of drug-likeness (QED) is 0.721. The van der Waals surface area contributed by atoms with Crippen molar-refractivity contribution in [2.75, 3.05) is 37.6 Å². The maximum atomic E-state index is 11.8. The van der Waals surface area contributed by atoms with E-state index in [1.807, 2.05) is 26.1 Å². The molecule has 0 saturated carbocycles. The second kappa shape index (κ2) is 8.44. The summed E-state index contributed by atoms with van der Waals surface area (Å²) in [4.78, 5) is 20.9. The normalized spacial score (nSPS) is 20.5. The Morgan fingerprint density at radius 3 is 2.73 bits per heavy atom. The molecule has 4 heterocycles. The molecule has 1 spiro atoms. The van der Waals surface area contributed by atoms with Gasteiger partial charge in [0.15, 0.2) is 0 Å². The van der Waals surface area contributed by atoms with Crippen LogP contribution in [0, 0.1) is 30.6 Å². The predicted molar refractivity (Wildman–Crippen MR) is 124 cm³/mol. The van der Waals surface area contributed by atoms with Gasteiger partial charge in [-0.15, -0.1) is 0 Å². The Balaban J connectivity index is 1.19. The van der Waals surface area contributed by atoms with Gasteiger partial charge in [-0.2, -0.15) is 5.26 Å². The highest BCUT2D eigenvalue weighted by atomic mass is 16.5. The third-order valence-corrected chi connectivity index (χ3v) is 7.89. The summed E-state index contributed by atoms with van der Waals surface area (Å²) in [5.74, 6) is -0.270. The number of likely N-dealkylation sites (tertiary alicyclic amines) is 1. The van der Waals surface area contributed by atoms with Crippen LogP contribution in [0.2, 0.25) is 0 Å². The second-order valence-corrected chi connectivity index (χ2v) is 9.84. The van der Waals surface area contributed by atoms with Gasteiger partial charge in [-0.3, -0.25) is 0 Å². The summed E-state index contributed by atoms with van der Waals surface area (Å²) in [6.45, 7) is 8.81. The zero-order valence-corrected chi connectivity index (χ0v) is 19.3. The highest BCUT2D eigenvalue weighted by molar-refractivity contribution is 5.93. The number of pyridine rings is 1. The molecule has 7 nitrogen and oxygen atoms in total. The van der Waals surface area contributed by atoms with Crippen LogP contribution < -0.4 is 4.90 Å². The molecule has 0 aliphatic carbocycles. The molecule has 0 amide bonds. The van der Waals surface area contributed by atoms with E-state index in [4.69, 9.17) is 10.00 Å². The number of esters is 1. The number of benzene rings is 1. The lowest BCUT2D eigenvalue weighted by Crippen LogP contribution is -2.43. The molecule has 2 aromatic rings. The van der Waals surface area contributed by atoms with Crippen molar-refractivity contribution in [3.05, 3.63) is 57.9 Å². The molecular weight excluding hydrogens is 416 g/mol. The first-order chi connectivity index (χ1) is 15.9. The number of aliphatic hydroxyl groups excluding tert-OH is 1. The Bertz CT molecular complexity index is 1130. The van der Waals surface area contributed by atoms with Gasteiger partial charge in [-0.1, -0.05) is 6.07 Å². The van der Waals surface area contributed by atoms with Gasteiger partial charge >= 0.3 is 5.97 Å². The van der Waals surface area contributed by atoms with Crippen LogP contribution in [0.4, 0.5) is 5.69 Å². The van der Waals surface area contributed by atoms with Crippen molar-refractivity contribution in [1.29, 1.82) is 5.26 Å². The minimum absolute atomic E-state index is 0.270. The molecule has 172 valence electrons. The van der Waals surface area contributed by atoms with Crippen LogP contribution >= 0.6 is 0 Å². The van der Waals surface area contributed by atoms with Gasteiger partial charge in [0.2, 0.25) is 0 Å². The minimum Gasteiger partial charge on any atom is -0.457 e. The number of rotatable bonds is 4. The molecule has 1 unspecified atom stereocenters. The number of fused-ring (bicyclic) bond motifs is 1. The molecule has 0 bridgehead atoms. The summed E-state index contributed by atoms with van der Waals surface area (Å²) < 4.78 is 5.15. The van der Waals surface area contributed by atoms with Crippen LogP contribution in [0.1, 0.15) is 63.7 Å².